The molecule has 2 heterocycles. The fourth-order valence-electron chi connectivity index (χ4n) is 3.83. The van der Waals surface area contributed by atoms with Gasteiger partial charge in [-0.05, 0) is 36.6 Å². The van der Waals surface area contributed by atoms with E-state index in [0.717, 1.165) is 41.7 Å². The van der Waals surface area contributed by atoms with E-state index in [0.29, 0.717) is 29.8 Å². The number of aromatic nitrogens is 2. The molecular weight excluding hydrogens is 400 g/mol. The number of likely N-dealkylation sites (tertiary alicyclic amines) is 1. The third kappa shape index (κ3) is 4.39. The Hall–Kier alpha value is -3.12. The summed E-state index contributed by atoms with van der Waals surface area (Å²) in [7, 11) is 0. The summed E-state index contributed by atoms with van der Waals surface area (Å²) in [5.74, 6) is -0.326. The number of amides is 1. The maximum atomic E-state index is 13.1. The smallest absolute Gasteiger partial charge is 0.278 e. The maximum Gasteiger partial charge on any atom is 0.278 e. The summed E-state index contributed by atoms with van der Waals surface area (Å²) in [6, 6.07) is 15.2. The van der Waals surface area contributed by atoms with E-state index in [-0.39, 0.29) is 11.5 Å². The molecule has 30 heavy (non-hydrogen) atoms. The Bertz CT molecular complexity index is 1170. The summed E-state index contributed by atoms with van der Waals surface area (Å²) in [5.41, 5.74) is 8.04. The van der Waals surface area contributed by atoms with Crippen LogP contribution < -0.4 is 11.3 Å². The van der Waals surface area contributed by atoms with Gasteiger partial charge in [0, 0.05) is 42.0 Å². The van der Waals surface area contributed by atoms with Crippen LogP contribution in [0.2, 0.25) is 5.02 Å². The van der Waals surface area contributed by atoms with Gasteiger partial charge in [-0.1, -0.05) is 41.9 Å². The van der Waals surface area contributed by atoms with E-state index in [1.54, 1.807) is 6.20 Å². The van der Waals surface area contributed by atoms with Crippen LogP contribution in [0.3, 0.4) is 0 Å². The fourth-order valence-corrected chi connectivity index (χ4v) is 3.95. The minimum atomic E-state index is -0.326. The van der Waals surface area contributed by atoms with Crippen molar-refractivity contribution in [1.29, 1.82) is 0 Å². The van der Waals surface area contributed by atoms with Crippen molar-refractivity contribution in [3.8, 4) is 0 Å². The molecule has 0 unspecified atom stereocenters. The SMILES string of the molecule is NC(=O)CCN1CCC/C1=C\n1nc(Cc2ccc(Cl)cc2)c2ccccc2c1=O. The quantitative estimate of drug-likeness (QED) is 0.660. The first-order chi connectivity index (χ1) is 14.5. The van der Waals surface area contributed by atoms with Crippen molar-refractivity contribution >= 4 is 34.5 Å². The third-order valence-electron chi connectivity index (χ3n) is 5.36. The summed E-state index contributed by atoms with van der Waals surface area (Å²) in [6.45, 7) is 1.40. The lowest BCUT2D eigenvalue weighted by molar-refractivity contribution is -0.118. The van der Waals surface area contributed by atoms with E-state index in [2.05, 4.69) is 10.00 Å². The van der Waals surface area contributed by atoms with Crippen molar-refractivity contribution in [3.63, 3.8) is 0 Å². The normalized spacial score (nSPS) is 15.2. The highest BCUT2D eigenvalue weighted by atomic mass is 35.5. The van der Waals surface area contributed by atoms with Crippen molar-refractivity contribution in [2.45, 2.75) is 25.7 Å². The molecule has 0 atom stereocenters. The predicted molar refractivity (Wildman–Crippen MR) is 119 cm³/mol. The summed E-state index contributed by atoms with van der Waals surface area (Å²) in [4.78, 5) is 26.3. The number of nitrogens with zero attached hydrogens (tertiary/aromatic N) is 3. The van der Waals surface area contributed by atoms with Gasteiger partial charge in [0.2, 0.25) is 5.91 Å². The second kappa shape index (κ2) is 8.71. The van der Waals surface area contributed by atoms with Crippen LogP contribution in [0.4, 0.5) is 0 Å². The molecule has 6 nitrogen and oxygen atoms in total. The molecule has 1 aromatic heterocycles. The average Bonchev–Trinajstić information content (AvgIpc) is 3.18. The van der Waals surface area contributed by atoms with Crippen molar-refractivity contribution in [1.82, 2.24) is 14.7 Å². The Labute approximate surface area is 179 Å². The number of halogens is 1. The van der Waals surface area contributed by atoms with E-state index in [1.807, 2.05) is 48.5 Å². The summed E-state index contributed by atoms with van der Waals surface area (Å²) in [5, 5.41) is 6.86. The number of carbonyl (C=O) groups is 1. The molecule has 2 aromatic carbocycles. The standard InChI is InChI=1S/C23H23ClN4O2/c24-17-9-7-16(8-10-17)14-21-19-5-1-2-6-20(19)23(30)28(26-21)15-18-4-3-12-27(18)13-11-22(25)29/h1-2,5-10,15H,3-4,11-14H2,(H2,25,29)/b18-15+. The molecule has 0 spiro atoms. The average molecular weight is 423 g/mol. The zero-order valence-corrected chi connectivity index (χ0v) is 17.3. The van der Waals surface area contributed by atoms with Crippen molar-refractivity contribution in [2.75, 3.05) is 13.1 Å². The first kappa shape index (κ1) is 20.2. The third-order valence-corrected chi connectivity index (χ3v) is 5.61. The van der Waals surface area contributed by atoms with E-state index in [1.165, 1.54) is 4.68 Å². The molecule has 1 aliphatic rings. The minimum absolute atomic E-state index is 0.153. The van der Waals surface area contributed by atoms with Gasteiger partial charge in [-0.25, -0.2) is 4.68 Å². The van der Waals surface area contributed by atoms with Crippen molar-refractivity contribution in [2.24, 2.45) is 5.73 Å². The number of fused-ring (bicyclic) bond motifs is 1. The Morgan fingerprint density at radius 3 is 2.60 bits per heavy atom. The molecule has 1 fully saturated rings. The predicted octanol–water partition coefficient (Wildman–Crippen LogP) is 3.41. The number of carbonyl (C=O) groups excluding carboxylic acids is 1. The highest BCUT2D eigenvalue weighted by Crippen LogP contribution is 2.23. The molecule has 0 bridgehead atoms. The lowest BCUT2D eigenvalue weighted by atomic mass is 10.0. The largest absolute Gasteiger partial charge is 0.373 e. The fraction of sp³-hybridized carbons (Fsp3) is 0.261. The van der Waals surface area contributed by atoms with Crippen LogP contribution in [0, 0.1) is 0 Å². The molecule has 4 rings (SSSR count). The van der Waals surface area contributed by atoms with Crippen LogP contribution in [-0.4, -0.2) is 33.7 Å². The zero-order chi connectivity index (χ0) is 21.1. The number of primary amides is 1. The van der Waals surface area contributed by atoms with Gasteiger partial charge in [0.25, 0.3) is 5.56 Å². The maximum absolute atomic E-state index is 13.1. The Morgan fingerprint density at radius 2 is 1.87 bits per heavy atom. The molecule has 7 heteroatoms. The highest BCUT2D eigenvalue weighted by Gasteiger charge is 2.18. The van der Waals surface area contributed by atoms with E-state index in [4.69, 9.17) is 17.3 Å². The van der Waals surface area contributed by atoms with Crippen LogP contribution in [0.5, 0.6) is 0 Å². The summed E-state index contributed by atoms with van der Waals surface area (Å²) < 4.78 is 1.44. The van der Waals surface area contributed by atoms with Crippen LogP contribution in [0.15, 0.2) is 59.0 Å². The van der Waals surface area contributed by atoms with E-state index < -0.39 is 0 Å². The monoisotopic (exact) mass is 422 g/mol. The summed E-state index contributed by atoms with van der Waals surface area (Å²) in [6.07, 6.45) is 4.50. The van der Waals surface area contributed by atoms with Crippen LogP contribution >= 0.6 is 11.6 Å². The molecule has 0 aliphatic carbocycles. The minimum Gasteiger partial charge on any atom is -0.373 e. The van der Waals surface area contributed by atoms with Gasteiger partial charge in [-0.3, -0.25) is 9.59 Å². The number of benzene rings is 2. The van der Waals surface area contributed by atoms with Gasteiger partial charge in [0.15, 0.2) is 0 Å². The lowest BCUT2D eigenvalue weighted by Gasteiger charge is -2.19. The van der Waals surface area contributed by atoms with Gasteiger partial charge in [0.05, 0.1) is 17.3 Å². The molecular formula is C23H23ClN4O2. The van der Waals surface area contributed by atoms with Crippen LogP contribution in [0.1, 0.15) is 30.5 Å². The molecule has 154 valence electrons. The highest BCUT2D eigenvalue weighted by molar-refractivity contribution is 6.30. The van der Waals surface area contributed by atoms with Gasteiger partial charge in [-0.2, -0.15) is 5.10 Å². The number of rotatable bonds is 6. The Kier molecular flexibility index (Phi) is 5.86. The van der Waals surface area contributed by atoms with Crippen molar-refractivity contribution < 1.29 is 4.79 Å². The Balaban J connectivity index is 1.74. The number of hydrogen-bond acceptors (Lipinski definition) is 4. The molecule has 1 saturated heterocycles. The summed E-state index contributed by atoms with van der Waals surface area (Å²) >= 11 is 6.01. The Morgan fingerprint density at radius 1 is 1.13 bits per heavy atom. The van der Waals surface area contributed by atoms with Gasteiger partial charge >= 0.3 is 0 Å². The van der Waals surface area contributed by atoms with Crippen LogP contribution in [-0.2, 0) is 11.2 Å². The van der Waals surface area contributed by atoms with Crippen LogP contribution in [0.25, 0.3) is 17.0 Å². The lowest BCUT2D eigenvalue weighted by Crippen LogP contribution is -2.26. The second-order valence-electron chi connectivity index (χ2n) is 7.47. The van der Waals surface area contributed by atoms with Gasteiger partial charge in [0.1, 0.15) is 0 Å². The van der Waals surface area contributed by atoms with Gasteiger partial charge < -0.3 is 10.6 Å². The number of hydrogen-bond donors (Lipinski definition) is 1. The molecule has 0 saturated carbocycles. The number of allylic oxidation sites excluding steroid dienone is 1. The molecule has 1 aliphatic heterocycles. The molecule has 0 radical (unpaired) electrons. The van der Waals surface area contributed by atoms with E-state index in [9.17, 15) is 9.59 Å². The second-order valence-corrected chi connectivity index (χ2v) is 7.91. The molecule has 3 aromatic rings. The van der Waals surface area contributed by atoms with E-state index >= 15 is 0 Å². The topological polar surface area (TPSA) is 81.2 Å². The molecule has 1 amide bonds. The molecule has 2 N–H and O–H groups in total. The first-order valence-corrected chi connectivity index (χ1v) is 10.4. The first-order valence-electron chi connectivity index (χ1n) is 10.00. The van der Waals surface area contributed by atoms with Gasteiger partial charge in [-0.15, -0.1) is 0 Å². The zero-order valence-electron chi connectivity index (χ0n) is 16.6. The van der Waals surface area contributed by atoms with Crippen molar-refractivity contribution in [3.05, 3.63) is 80.9 Å². The number of nitrogens with two attached hydrogens (primary N) is 1.